The van der Waals surface area contributed by atoms with Gasteiger partial charge in [-0.25, -0.2) is 0 Å². The van der Waals surface area contributed by atoms with Gasteiger partial charge in [-0.1, -0.05) is 30.3 Å². The Bertz CT molecular complexity index is 463. The van der Waals surface area contributed by atoms with Crippen LogP contribution in [-0.4, -0.2) is 22.9 Å². The molecule has 0 heterocycles. The molecule has 3 nitrogen and oxygen atoms in total. The Kier molecular flexibility index (Phi) is 4.49. The monoisotopic (exact) mass is 290 g/mol. The van der Waals surface area contributed by atoms with Gasteiger partial charge in [0.15, 0.2) is 5.60 Å². The van der Waals surface area contributed by atoms with Crippen molar-refractivity contribution >= 4 is 5.97 Å². The minimum atomic E-state index is -4.98. The van der Waals surface area contributed by atoms with Gasteiger partial charge in [0.25, 0.3) is 0 Å². The van der Waals surface area contributed by atoms with Gasteiger partial charge in [-0.15, -0.1) is 0 Å². The molecule has 6 heteroatoms. The van der Waals surface area contributed by atoms with Gasteiger partial charge in [0.05, 0.1) is 6.42 Å². The lowest BCUT2D eigenvalue weighted by molar-refractivity contribution is -0.270. The maximum atomic E-state index is 13.1. The molecule has 0 saturated carbocycles. The maximum Gasteiger partial charge on any atom is 0.422 e. The first-order valence-electron chi connectivity index (χ1n) is 6.02. The standard InChI is InChI=1S/C14H17F3O3/c1-12(2,3)20-11(18)9-13(19,14(15,16)17)10-7-5-4-6-8-10/h4-8,19H,9H2,1-3H3/t13-/m0/s1. The molecule has 1 N–H and O–H groups in total. The number of hydrogen-bond acceptors (Lipinski definition) is 3. The number of esters is 1. The fraction of sp³-hybridized carbons (Fsp3) is 0.500. The highest BCUT2D eigenvalue weighted by Gasteiger charge is 2.56. The Morgan fingerprint density at radius 2 is 1.65 bits per heavy atom. The van der Waals surface area contributed by atoms with E-state index in [0.29, 0.717) is 0 Å². The van der Waals surface area contributed by atoms with Gasteiger partial charge in [-0.2, -0.15) is 13.2 Å². The lowest BCUT2D eigenvalue weighted by atomic mass is 9.89. The van der Waals surface area contributed by atoms with E-state index in [1.807, 2.05) is 0 Å². The molecular formula is C14H17F3O3. The number of carbonyl (C=O) groups is 1. The minimum Gasteiger partial charge on any atom is -0.460 e. The predicted octanol–water partition coefficient (Wildman–Crippen LogP) is 3.17. The van der Waals surface area contributed by atoms with E-state index in [9.17, 15) is 23.1 Å². The summed E-state index contributed by atoms with van der Waals surface area (Å²) < 4.78 is 44.2. The maximum absolute atomic E-state index is 13.1. The third-order valence-corrected chi connectivity index (χ3v) is 2.54. The summed E-state index contributed by atoms with van der Waals surface area (Å²) in [6.45, 7) is 4.63. The van der Waals surface area contributed by atoms with Crippen molar-refractivity contribution in [2.24, 2.45) is 0 Å². The molecule has 0 amide bonds. The molecule has 0 aromatic heterocycles. The summed E-state index contributed by atoms with van der Waals surface area (Å²) in [5.74, 6) is -1.11. The van der Waals surface area contributed by atoms with Gasteiger partial charge in [0, 0.05) is 0 Å². The third-order valence-electron chi connectivity index (χ3n) is 2.54. The van der Waals surface area contributed by atoms with E-state index in [0.717, 1.165) is 12.1 Å². The number of ether oxygens (including phenoxy) is 1. The van der Waals surface area contributed by atoms with Crippen molar-refractivity contribution in [3.63, 3.8) is 0 Å². The average Bonchev–Trinajstić information content (AvgIpc) is 2.25. The van der Waals surface area contributed by atoms with E-state index in [4.69, 9.17) is 4.74 Å². The number of hydrogen-bond donors (Lipinski definition) is 1. The molecule has 1 atom stereocenters. The molecule has 112 valence electrons. The molecule has 1 rings (SSSR count). The molecule has 1 aromatic carbocycles. The van der Waals surface area contributed by atoms with Gasteiger partial charge < -0.3 is 9.84 Å². The quantitative estimate of drug-likeness (QED) is 0.870. The van der Waals surface area contributed by atoms with Crippen molar-refractivity contribution in [1.29, 1.82) is 0 Å². The van der Waals surface area contributed by atoms with Gasteiger partial charge in [0.1, 0.15) is 5.60 Å². The number of alkyl halides is 3. The first-order valence-corrected chi connectivity index (χ1v) is 6.02. The Balaban J connectivity index is 3.07. The molecule has 0 saturated heterocycles. The number of aliphatic hydroxyl groups is 1. The zero-order valence-electron chi connectivity index (χ0n) is 11.5. The molecule has 0 bridgehead atoms. The van der Waals surface area contributed by atoms with E-state index in [1.54, 1.807) is 20.8 Å². The normalized spacial score (nSPS) is 15.6. The van der Waals surface area contributed by atoms with Gasteiger partial charge >= 0.3 is 12.1 Å². The summed E-state index contributed by atoms with van der Waals surface area (Å²) in [4.78, 5) is 11.6. The predicted molar refractivity (Wildman–Crippen MR) is 66.9 cm³/mol. The highest BCUT2D eigenvalue weighted by molar-refractivity contribution is 5.71. The molecular weight excluding hydrogens is 273 g/mol. The second-order valence-corrected chi connectivity index (χ2v) is 5.49. The van der Waals surface area contributed by atoms with Crippen molar-refractivity contribution in [1.82, 2.24) is 0 Å². The topological polar surface area (TPSA) is 46.5 Å². The van der Waals surface area contributed by atoms with Gasteiger partial charge in [0.2, 0.25) is 0 Å². The van der Waals surface area contributed by atoms with E-state index in [-0.39, 0.29) is 0 Å². The van der Waals surface area contributed by atoms with E-state index in [1.165, 1.54) is 18.2 Å². The van der Waals surface area contributed by atoms with Crippen molar-refractivity contribution in [2.45, 2.75) is 44.6 Å². The highest BCUT2D eigenvalue weighted by atomic mass is 19.4. The van der Waals surface area contributed by atoms with Crippen LogP contribution >= 0.6 is 0 Å². The van der Waals surface area contributed by atoms with Crippen molar-refractivity contribution in [3.05, 3.63) is 35.9 Å². The largest absolute Gasteiger partial charge is 0.460 e. The third kappa shape index (κ3) is 3.96. The van der Waals surface area contributed by atoms with Crippen LogP contribution in [0.4, 0.5) is 13.2 Å². The van der Waals surface area contributed by atoms with Crippen LogP contribution in [-0.2, 0) is 15.1 Å². The summed E-state index contributed by atoms with van der Waals surface area (Å²) in [6.07, 6.45) is -6.16. The van der Waals surface area contributed by atoms with Crippen LogP contribution in [0.15, 0.2) is 30.3 Å². The molecule has 0 radical (unpaired) electrons. The van der Waals surface area contributed by atoms with E-state index >= 15 is 0 Å². The Labute approximate surface area is 115 Å². The Morgan fingerprint density at radius 3 is 2.05 bits per heavy atom. The van der Waals surface area contributed by atoms with Crippen LogP contribution in [0, 0.1) is 0 Å². The summed E-state index contributed by atoms with van der Waals surface area (Å²) in [6, 6.07) is 6.49. The van der Waals surface area contributed by atoms with Crippen LogP contribution in [0.3, 0.4) is 0 Å². The lowest BCUT2D eigenvalue weighted by Gasteiger charge is -2.31. The molecule has 0 spiro atoms. The highest BCUT2D eigenvalue weighted by Crippen LogP contribution is 2.41. The second-order valence-electron chi connectivity index (χ2n) is 5.49. The van der Waals surface area contributed by atoms with Crippen LogP contribution in [0.1, 0.15) is 32.8 Å². The van der Waals surface area contributed by atoms with Crippen LogP contribution < -0.4 is 0 Å². The van der Waals surface area contributed by atoms with Crippen molar-refractivity contribution in [3.8, 4) is 0 Å². The zero-order chi connectivity index (χ0) is 15.6. The minimum absolute atomic E-state index is 0.390. The van der Waals surface area contributed by atoms with Crippen LogP contribution in [0.25, 0.3) is 0 Å². The van der Waals surface area contributed by atoms with Crippen LogP contribution in [0.5, 0.6) is 0 Å². The number of carbonyl (C=O) groups excluding carboxylic acids is 1. The lowest BCUT2D eigenvalue weighted by Crippen LogP contribution is -2.45. The first kappa shape index (κ1) is 16.5. The Morgan fingerprint density at radius 1 is 1.15 bits per heavy atom. The summed E-state index contributed by atoms with van der Waals surface area (Å²) in [5.41, 5.74) is -4.56. The van der Waals surface area contributed by atoms with E-state index < -0.39 is 35.3 Å². The molecule has 1 aromatic rings. The first-order chi connectivity index (χ1) is 8.96. The second kappa shape index (κ2) is 5.44. The number of halogens is 3. The number of benzene rings is 1. The fourth-order valence-corrected chi connectivity index (χ4v) is 1.67. The average molecular weight is 290 g/mol. The summed E-state index contributed by atoms with van der Waals surface area (Å²) in [7, 11) is 0. The molecule has 0 aliphatic rings. The number of rotatable bonds is 3. The molecule has 20 heavy (non-hydrogen) atoms. The molecule has 0 aliphatic heterocycles. The van der Waals surface area contributed by atoms with E-state index in [2.05, 4.69) is 0 Å². The smallest absolute Gasteiger partial charge is 0.422 e. The molecule has 0 fully saturated rings. The van der Waals surface area contributed by atoms with Gasteiger partial charge in [-0.05, 0) is 26.3 Å². The molecule has 0 unspecified atom stereocenters. The summed E-state index contributed by atoms with van der Waals surface area (Å²) in [5, 5.41) is 9.96. The Hall–Kier alpha value is -1.56. The van der Waals surface area contributed by atoms with Crippen molar-refractivity contribution < 1.29 is 27.8 Å². The SMILES string of the molecule is CC(C)(C)OC(=O)C[C@](O)(c1ccccc1)C(F)(F)F. The molecule has 0 aliphatic carbocycles. The zero-order valence-corrected chi connectivity index (χ0v) is 11.5. The van der Waals surface area contributed by atoms with Crippen LogP contribution in [0.2, 0.25) is 0 Å². The summed E-state index contributed by atoms with van der Waals surface area (Å²) >= 11 is 0. The fourth-order valence-electron chi connectivity index (χ4n) is 1.67. The van der Waals surface area contributed by atoms with Crippen molar-refractivity contribution in [2.75, 3.05) is 0 Å². The van der Waals surface area contributed by atoms with Gasteiger partial charge in [-0.3, -0.25) is 4.79 Å².